The number of hydrogen-bond acceptors (Lipinski definition) is 3. The number of carbonyl (C=O) groups excluding carboxylic acids is 1. The summed E-state index contributed by atoms with van der Waals surface area (Å²) in [6.45, 7) is 0. The zero-order valence-electron chi connectivity index (χ0n) is 18.1. The molecule has 0 aliphatic heterocycles. The van der Waals surface area contributed by atoms with E-state index >= 15 is 0 Å². The predicted octanol–water partition coefficient (Wildman–Crippen LogP) is 6.57. The fraction of sp³-hybridized carbons (Fsp3) is 0.577. The van der Waals surface area contributed by atoms with Crippen LogP contribution in [0.4, 0.5) is 5.82 Å². The van der Waals surface area contributed by atoms with Gasteiger partial charge in [0.25, 0.3) is 0 Å². The van der Waals surface area contributed by atoms with Crippen molar-refractivity contribution in [3.05, 3.63) is 42.2 Å². The molecule has 0 spiro atoms. The molecule has 2 fully saturated rings. The summed E-state index contributed by atoms with van der Waals surface area (Å²) in [7, 11) is 0. The third-order valence-electron chi connectivity index (χ3n) is 6.89. The van der Waals surface area contributed by atoms with E-state index in [1.807, 2.05) is 18.2 Å². The van der Waals surface area contributed by atoms with Crippen LogP contribution in [0.5, 0.6) is 0 Å². The highest BCUT2D eigenvalue weighted by Crippen LogP contribution is 2.30. The zero-order chi connectivity index (χ0) is 20.6. The molecule has 4 heteroatoms. The van der Waals surface area contributed by atoms with E-state index in [0.29, 0.717) is 18.2 Å². The highest BCUT2D eigenvalue weighted by atomic mass is 16.1. The quantitative estimate of drug-likeness (QED) is 0.567. The van der Waals surface area contributed by atoms with Gasteiger partial charge in [-0.2, -0.15) is 0 Å². The molecule has 4 rings (SSSR count). The highest BCUT2D eigenvalue weighted by molar-refractivity contribution is 5.90. The van der Waals surface area contributed by atoms with Gasteiger partial charge in [-0.05, 0) is 37.5 Å². The minimum atomic E-state index is 0.0996. The molecule has 2 saturated carbocycles. The predicted molar refractivity (Wildman–Crippen MR) is 122 cm³/mol. The lowest BCUT2D eigenvalue weighted by atomic mass is 9.85. The summed E-state index contributed by atoms with van der Waals surface area (Å²) >= 11 is 0. The number of rotatable bonds is 7. The van der Waals surface area contributed by atoms with Gasteiger partial charge in [0.1, 0.15) is 0 Å². The van der Waals surface area contributed by atoms with Gasteiger partial charge >= 0.3 is 0 Å². The molecule has 1 aromatic heterocycles. The van der Waals surface area contributed by atoms with Gasteiger partial charge in [0, 0.05) is 12.0 Å². The number of anilines is 1. The van der Waals surface area contributed by atoms with Crippen LogP contribution < -0.4 is 5.32 Å². The lowest BCUT2D eigenvalue weighted by Crippen LogP contribution is -2.20. The van der Waals surface area contributed by atoms with Crippen molar-refractivity contribution in [2.45, 2.75) is 83.5 Å². The van der Waals surface area contributed by atoms with Crippen molar-refractivity contribution in [2.24, 2.45) is 11.8 Å². The fourth-order valence-electron chi connectivity index (χ4n) is 5.11. The van der Waals surface area contributed by atoms with Crippen LogP contribution in [0.1, 0.15) is 82.7 Å². The molecule has 4 nitrogen and oxygen atoms in total. The van der Waals surface area contributed by atoms with E-state index in [4.69, 9.17) is 4.98 Å². The summed E-state index contributed by atoms with van der Waals surface area (Å²) in [6.07, 6.45) is 17.4. The number of amides is 1. The fourth-order valence-corrected chi connectivity index (χ4v) is 5.11. The van der Waals surface area contributed by atoms with Gasteiger partial charge < -0.3 is 5.32 Å². The number of carbonyl (C=O) groups is 1. The summed E-state index contributed by atoms with van der Waals surface area (Å²) in [5, 5.41) is 3.11. The molecular formula is C26H35N3O. The second-order valence-electron chi connectivity index (χ2n) is 9.22. The molecule has 0 unspecified atom stereocenters. The second kappa shape index (κ2) is 10.7. The number of benzene rings is 1. The Hall–Kier alpha value is -2.23. The molecular weight excluding hydrogens is 370 g/mol. The summed E-state index contributed by atoms with van der Waals surface area (Å²) in [6, 6.07) is 10.2. The largest absolute Gasteiger partial charge is 0.309 e. The van der Waals surface area contributed by atoms with Crippen LogP contribution in [0.3, 0.4) is 0 Å². The van der Waals surface area contributed by atoms with Gasteiger partial charge in [0.15, 0.2) is 5.82 Å². The topological polar surface area (TPSA) is 54.9 Å². The average molecular weight is 406 g/mol. The van der Waals surface area contributed by atoms with Gasteiger partial charge in [0.05, 0.1) is 17.6 Å². The van der Waals surface area contributed by atoms with Crippen molar-refractivity contribution in [2.75, 3.05) is 5.32 Å². The highest BCUT2D eigenvalue weighted by Gasteiger charge is 2.20. The number of aryl methyl sites for hydroxylation is 1. The Balaban J connectivity index is 1.47. The van der Waals surface area contributed by atoms with Gasteiger partial charge in [-0.1, -0.05) is 81.7 Å². The standard InChI is InChI=1S/C26H35N3O/c30-25(18-21-12-6-2-7-13-21)29-26-23(17-16-20-10-4-1-5-11-20)28-24(19-27-26)22-14-8-3-9-15-22/h3,8-9,14-15,19-21H,1-2,4-7,10-13,16-18H2,(H,27,29,30). The van der Waals surface area contributed by atoms with E-state index in [9.17, 15) is 4.79 Å². The molecule has 1 heterocycles. The van der Waals surface area contributed by atoms with Crippen LogP contribution in [-0.2, 0) is 11.2 Å². The van der Waals surface area contributed by atoms with Crippen molar-refractivity contribution in [1.82, 2.24) is 9.97 Å². The summed E-state index contributed by atoms with van der Waals surface area (Å²) in [5.74, 6) is 2.08. The molecule has 2 aliphatic carbocycles. The summed E-state index contributed by atoms with van der Waals surface area (Å²) in [4.78, 5) is 22.3. The van der Waals surface area contributed by atoms with Crippen LogP contribution in [0.2, 0.25) is 0 Å². The molecule has 1 aromatic carbocycles. The van der Waals surface area contributed by atoms with Crippen LogP contribution in [0.25, 0.3) is 11.3 Å². The number of hydrogen-bond donors (Lipinski definition) is 1. The first kappa shape index (κ1) is 21.0. The number of nitrogens with zero attached hydrogens (tertiary/aromatic N) is 2. The molecule has 1 N–H and O–H groups in total. The Morgan fingerprint density at radius 3 is 2.27 bits per heavy atom. The van der Waals surface area contributed by atoms with Crippen molar-refractivity contribution in [3.8, 4) is 11.3 Å². The van der Waals surface area contributed by atoms with Crippen LogP contribution >= 0.6 is 0 Å². The first-order chi connectivity index (χ1) is 14.8. The average Bonchev–Trinajstić information content (AvgIpc) is 2.80. The lowest BCUT2D eigenvalue weighted by Gasteiger charge is -2.22. The van der Waals surface area contributed by atoms with Gasteiger partial charge in [-0.15, -0.1) is 0 Å². The SMILES string of the molecule is O=C(CC1CCCCC1)Nc1ncc(-c2ccccc2)nc1CCC1CCCCC1. The molecule has 0 radical (unpaired) electrons. The third-order valence-corrected chi connectivity index (χ3v) is 6.89. The third kappa shape index (κ3) is 5.90. The van der Waals surface area contributed by atoms with E-state index in [-0.39, 0.29) is 5.91 Å². The molecule has 160 valence electrons. The molecule has 2 aliphatic rings. The Labute approximate surface area is 180 Å². The second-order valence-corrected chi connectivity index (χ2v) is 9.22. The molecule has 2 aromatic rings. The maximum Gasteiger partial charge on any atom is 0.225 e. The molecule has 0 saturated heterocycles. The van der Waals surface area contributed by atoms with Crippen LogP contribution in [0.15, 0.2) is 36.5 Å². The van der Waals surface area contributed by atoms with Crippen molar-refractivity contribution < 1.29 is 4.79 Å². The van der Waals surface area contributed by atoms with E-state index in [2.05, 4.69) is 22.4 Å². The Bertz CT molecular complexity index is 808. The van der Waals surface area contributed by atoms with E-state index in [1.54, 1.807) is 6.20 Å². The number of nitrogens with one attached hydrogen (secondary N) is 1. The normalized spacial score (nSPS) is 18.3. The van der Waals surface area contributed by atoms with Crippen LogP contribution in [0, 0.1) is 11.8 Å². The van der Waals surface area contributed by atoms with Gasteiger partial charge in [-0.3, -0.25) is 4.79 Å². The Kier molecular flexibility index (Phi) is 7.49. The van der Waals surface area contributed by atoms with E-state index < -0.39 is 0 Å². The van der Waals surface area contributed by atoms with Crippen molar-refractivity contribution in [3.63, 3.8) is 0 Å². The van der Waals surface area contributed by atoms with Gasteiger partial charge in [0.2, 0.25) is 5.91 Å². The molecule has 1 amide bonds. The smallest absolute Gasteiger partial charge is 0.225 e. The monoisotopic (exact) mass is 405 g/mol. The maximum absolute atomic E-state index is 12.7. The first-order valence-corrected chi connectivity index (χ1v) is 12.0. The molecule has 0 bridgehead atoms. The number of aromatic nitrogens is 2. The Morgan fingerprint density at radius 2 is 1.57 bits per heavy atom. The van der Waals surface area contributed by atoms with Gasteiger partial charge in [-0.25, -0.2) is 9.97 Å². The molecule has 30 heavy (non-hydrogen) atoms. The zero-order valence-corrected chi connectivity index (χ0v) is 18.1. The lowest BCUT2D eigenvalue weighted by molar-refractivity contribution is -0.117. The Morgan fingerprint density at radius 1 is 0.900 bits per heavy atom. The first-order valence-electron chi connectivity index (χ1n) is 12.0. The molecule has 0 atom stereocenters. The van der Waals surface area contributed by atoms with Crippen LogP contribution in [-0.4, -0.2) is 15.9 Å². The summed E-state index contributed by atoms with van der Waals surface area (Å²) < 4.78 is 0. The maximum atomic E-state index is 12.7. The van der Waals surface area contributed by atoms with E-state index in [0.717, 1.165) is 35.7 Å². The van der Waals surface area contributed by atoms with Crippen molar-refractivity contribution >= 4 is 11.7 Å². The van der Waals surface area contributed by atoms with E-state index in [1.165, 1.54) is 64.2 Å². The summed E-state index contributed by atoms with van der Waals surface area (Å²) in [5.41, 5.74) is 2.91. The minimum Gasteiger partial charge on any atom is -0.309 e. The minimum absolute atomic E-state index is 0.0996. The van der Waals surface area contributed by atoms with Crippen molar-refractivity contribution in [1.29, 1.82) is 0 Å².